The first-order chi connectivity index (χ1) is 9.77. The smallest absolute Gasteiger partial charge is 0.109 e. The van der Waals surface area contributed by atoms with Crippen LogP contribution in [0.25, 0.3) is 11.0 Å². The molecule has 2 aromatic rings. The van der Waals surface area contributed by atoms with Crippen molar-refractivity contribution >= 4 is 11.0 Å². The number of aromatic nitrogens is 2. The highest BCUT2D eigenvalue weighted by atomic mass is 15.1. The Morgan fingerprint density at radius 1 is 1.15 bits per heavy atom. The maximum absolute atomic E-state index is 9.13. The molecule has 0 radical (unpaired) electrons. The Kier molecular flexibility index (Phi) is 5.17. The zero-order valence-electron chi connectivity index (χ0n) is 12.5. The predicted octanol–water partition coefficient (Wildman–Crippen LogP) is 4.35. The molecule has 0 saturated heterocycles. The van der Waals surface area contributed by atoms with E-state index in [0.29, 0.717) is 5.56 Å². The van der Waals surface area contributed by atoms with Gasteiger partial charge in [0.15, 0.2) is 0 Å². The molecule has 0 bridgehead atoms. The van der Waals surface area contributed by atoms with Gasteiger partial charge in [-0.1, -0.05) is 45.1 Å². The van der Waals surface area contributed by atoms with E-state index in [1.807, 2.05) is 25.2 Å². The van der Waals surface area contributed by atoms with Crippen LogP contribution in [0, 0.1) is 11.3 Å². The number of aryl methyl sites for hydroxylation is 2. The van der Waals surface area contributed by atoms with Gasteiger partial charge in [0.2, 0.25) is 0 Å². The molecule has 20 heavy (non-hydrogen) atoms. The van der Waals surface area contributed by atoms with E-state index in [1.54, 1.807) is 0 Å². The van der Waals surface area contributed by atoms with Crippen LogP contribution in [0.2, 0.25) is 0 Å². The van der Waals surface area contributed by atoms with E-state index in [1.165, 1.54) is 38.5 Å². The maximum Gasteiger partial charge on any atom is 0.109 e. The minimum absolute atomic E-state index is 0.673. The van der Waals surface area contributed by atoms with Crippen LogP contribution in [-0.2, 0) is 13.5 Å². The summed E-state index contributed by atoms with van der Waals surface area (Å²) < 4.78 is 2.13. The molecule has 0 N–H and O–H groups in total. The Morgan fingerprint density at radius 3 is 2.65 bits per heavy atom. The normalized spacial score (nSPS) is 10.8. The molecule has 0 aliphatic rings. The minimum atomic E-state index is 0.673. The summed E-state index contributed by atoms with van der Waals surface area (Å²) in [6, 6.07) is 8.03. The van der Waals surface area contributed by atoms with Gasteiger partial charge in [-0.05, 0) is 18.6 Å². The molecule has 0 amide bonds. The van der Waals surface area contributed by atoms with E-state index in [4.69, 9.17) is 5.26 Å². The molecule has 2 rings (SSSR count). The maximum atomic E-state index is 9.13. The summed E-state index contributed by atoms with van der Waals surface area (Å²) in [6.45, 7) is 2.24. The van der Waals surface area contributed by atoms with Crippen molar-refractivity contribution in [1.29, 1.82) is 5.26 Å². The van der Waals surface area contributed by atoms with Crippen LogP contribution in [0.1, 0.15) is 56.8 Å². The molecular formula is C17H23N3. The lowest BCUT2D eigenvalue weighted by molar-refractivity contribution is 0.596. The van der Waals surface area contributed by atoms with Gasteiger partial charge in [0.05, 0.1) is 11.1 Å². The lowest BCUT2D eigenvalue weighted by atomic mass is 10.1. The van der Waals surface area contributed by atoms with Gasteiger partial charge in [-0.3, -0.25) is 0 Å². The fraction of sp³-hybridized carbons (Fsp3) is 0.529. The van der Waals surface area contributed by atoms with Crippen molar-refractivity contribution in [2.75, 3.05) is 0 Å². The van der Waals surface area contributed by atoms with Crippen molar-refractivity contribution in [3.63, 3.8) is 0 Å². The number of imidazole rings is 1. The quantitative estimate of drug-likeness (QED) is 0.701. The highest BCUT2D eigenvalue weighted by Gasteiger charge is 2.10. The first kappa shape index (κ1) is 14.6. The van der Waals surface area contributed by atoms with Crippen LogP contribution in [0.4, 0.5) is 0 Å². The topological polar surface area (TPSA) is 41.6 Å². The fourth-order valence-electron chi connectivity index (χ4n) is 2.64. The lowest BCUT2D eigenvalue weighted by Gasteiger charge is -2.02. The molecule has 1 aromatic heterocycles. The molecule has 0 aliphatic carbocycles. The minimum Gasteiger partial charge on any atom is -0.331 e. The lowest BCUT2D eigenvalue weighted by Crippen LogP contribution is -1.97. The summed E-state index contributed by atoms with van der Waals surface area (Å²) in [5.74, 6) is 1.10. The molecule has 3 heteroatoms. The number of rotatable bonds is 7. The monoisotopic (exact) mass is 269 g/mol. The number of nitriles is 1. The van der Waals surface area contributed by atoms with Gasteiger partial charge in [-0.15, -0.1) is 0 Å². The van der Waals surface area contributed by atoms with E-state index in [9.17, 15) is 0 Å². The van der Waals surface area contributed by atoms with Crippen molar-refractivity contribution < 1.29 is 0 Å². The predicted molar refractivity (Wildman–Crippen MR) is 82.5 cm³/mol. The van der Waals surface area contributed by atoms with Crippen LogP contribution in [0.3, 0.4) is 0 Å². The summed E-state index contributed by atoms with van der Waals surface area (Å²) in [6.07, 6.45) is 8.76. The van der Waals surface area contributed by atoms with Gasteiger partial charge < -0.3 is 4.57 Å². The average molecular weight is 269 g/mol. The first-order valence-corrected chi connectivity index (χ1v) is 7.62. The molecule has 0 saturated carbocycles. The Hall–Kier alpha value is -1.82. The Morgan fingerprint density at radius 2 is 1.90 bits per heavy atom. The zero-order valence-corrected chi connectivity index (χ0v) is 12.5. The molecule has 0 atom stereocenters. The third-order valence-electron chi connectivity index (χ3n) is 3.88. The van der Waals surface area contributed by atoms with E-state index in [0.717, 1.165) is 23.3 Å². The molecule has 3 nitrogen and oxygen atoms in total. The van der Waals surface area contributed by atoms with Crippen molar-refractivity contribution in [3.8, 4) is 6.07 Å². The van der Waals surface area contributed by atoms with Gasteiger partial charge in [0.25, 0.3) is 0 Å². The van der Waals surface area contributed by atoms with Crippen molar-refractivity contribution in [2.45, 2.75) is 51.9 Å². The molecule has 1 heterocycles. The highest BCUT2D eigenvalue weighted by Crippen LogP contribution is 2.20. The first-order valence-electron chi connectivity index (χ1n) is 7.62. The van der Waals surface area contributed by atoms with Gasteiger partial charge in [0, 0.05) is 13.5 Å². The number of unbranched alkanes of at least 4 members (excludes halogenated alkanes) is 5. The third-order valence-corrected chi connectivity index (χ3v) is 3.88. The van der Waals surface area contributed by atoms with Crippen LogP contribution >= 0.6 is 0 Å². The van der Waals surface area contributed by atoms with Gasteiger partial charge in [-0.25, -0.2) is 4.98 Å². The van der Waals surface area contributed by atoms with E-state index < -0.39 is 0 Å². The SMILES string of the molecule is CCCCCCCCc1nc2c(C#N)cccc2n1C. The molecule has 0 spiro atoms. The Bertz CT molecular complexity index is 604. The molecule has 0 aliphatic heterocycles. The summed E-state index contributed by atoms with van der Waals surface area (Å²) in [5, 5.41) is 9.13. The Balaban J connectivity index is 2.01. The van der Waals surface area contributed by atoms with Crippen molar-refractivity contribution in [2.24, 2.45) is 7.05 Å². The second-order valence-electron chi connectivity index (χ2n) is 5.39. The summed E-state index contributed by atoms with van der Waals surface area (Å²) in [4.78, 5) is 4.66. The summed E-state index contributed by atoms with van der Waals surface area (Å²) in [7, 11) is 2.04. The van der Waals surface area contributed by atoms with E-state index >= 15 is 0 Å². The summed E-state index contributed by atoms with van der Waals surface area (Å²) in [5.41, 5.74) is 2.58. The number of hydrogen-bond donors (Lipinski definition) is 0. The Labute approximate surface area is 121 Å². The number of benzene rings is 1. The largest absolute Gasteiger partial charge is 0.331 e. The average Bonchev–Trinajstić information content (AvgIpc) is 2.79. The van der Waals surface area contributed by atoms with Gasteiger partial charge in [-0.2, -0.15) is 5.26 Å². The van der Waals surface area contributed by atoms with Gasteiger partial charge in [0.1, 0.15) is 17.4 Å². The van der Waals surface area contributed by atoms with E-state index in [2.05, 4.69) is 22.5 Å². The van der Waals surface area contributed by atoms with Crippen molar-refractivity contribution in [1.82, 2.24) is 9.55 Å². The van der Waals surface area contributed by atoms with Crippen molar-refractivity contribution in [3.05, 3.63) is 29.6 Å². The summed E-state index contributed by atoms with van der Waals surface area (Å²) >= 11 is 0. The number of fused-ring (bicyclic) bond motifs is 1. The second-order valence-corrected chi connectivity index (χ2v) is 5.39. The highest BCUT2D eigenvalue weighted by molar-refractivity contribution is 5.82. The second kappa shape index (κ2) is 7.09. The van der Waals surface area contributed by atoms with Crippen LogP contribution in [0.15, 0.2) is 18.2 Å². The third kappa shape index (κ3) is 3.19. The fourth-order valence-corrected chi connectivity index (χ4v) is 2.64. The van der Waals surface area contributed by atoms with Crippen LogP contribution in [0.5, 0.6) is 0 Å². The van der Waals surface area contributed by atoms with E-state index in [-0.39, 0.29) is 0 Å². The molecule has 0 fully saturated rings. The van der Waals surface area contributed by atoms with Crippen LogP contribution in [-0.4, -0.2) is 9.55 Å². The number of hydrogen-bond acceptors (Lipinski definition) is 2. The van der Waals surface area contributed by atoms with Gasteiger partial charge >= 0.3 is 0 Å². The molecule has 0 unspecified atom stereocenters. The molecular weight excluding hydrogens is 246 g/mol. The zero-order chi connectivity index (χ0) is 14.4. The number of para-hydroxylation sites is 1. The van der Waals surface area contributed by atoms with Crippen LogP contribution < -0.4 is 0 Å². The number of nitrogens with zero attached hydrogens (tertiary/aromatic N) is 3. The molecule has 1 aromatic carbocycles. The molecule has 106 valence electrons. The standard InChI is InChI=1S/C17H23N3/c1-3-4-5-6-7-8-12-16-19-17-14(13-18)10-9-11-15(17)20(16)2/h9-11H,3-8,12H2,1-2H3.